The first-order valence-corrected chi connectivity index (χ1v) is 6.82. The fourth-order valence-electron chi connectivity index (χ4n) is 1.38. The number of nitrogens with one attached hydrogen (secondary N) is 1. The second-order valence-electron chi connectivity index (χ2n) is 3.73. The van der Waals surface area contributed by atoms with Crippen LogP contribution < -0.4 is 10.1 Å². The molecule has 0 aliphatic heterocycles. The second-order valence-corrected chi connectivity index (χ2v) is 5.77. The van der Waals surface area contributed by atoms with Gasteiger partial charge in [0.25, 0.3) is 0 Å². The first-order chi connectivity index (χ1) is 8.43. The van der Waals surface area contributed by atoms with Gasteiger partial charge in [-0.05, 0) is 25.2 Å². The average molecular weight is 313 g/mol. The van der Waals surface area contributed by atoms with Crippen molar-refractivity contribution in [2.24, 2.45) is 0 Å². The molecular weight excluding hydrogens is 295 g/mol. The summed E-state index contributed by atoms with van der Waals surface area (Å²) in [5.74, 6) is -0.674. The molecule has 0 saturated heterocycles. The molecule has 1 N–H and O–H groups in total. The van der Waals surface area contributed by atoms with Crippen LogP contribution in [0, 0.1) is 5.82 Å². The second kappa shape index (κ2) is 7.64. The molecule has 0 fully saturated rings. The lowest BCUT2D eigenvalue weighted by Gasteiger charge is -2.17. The Morgan fingerprint density at radius 1 is 1.42 bits per heavy atom. The first kappa shape index (κ1) is 18.1. The van der Waals surface area contributed by atoms with E-state index in [-0.39, 0.29) is 23.1 Å². The number of halogens is 2. The van der Waals surface area contributed by atoms with Gasteiger partial charge < -0.3 is 10.1 Å². The normalized spacial score (nSPS) is 11.2. The molecule has 0 aliphatic rings. The van der Waals surface area contributed by atoms with E-state index in [0.29, 0.717) is 13.1 Å². The van der Waals surface area contributed by atoms with Crippen molar-refractivity contribution in [3.05, 3.63) is 24.0 Å². The number of benzene rings is 1. The van der Waals surface area contributed by atoms with Crippen molar-refractivity contribution in [2.45, 2.75) is 4.90 Å². The van der Waals surface area contributed by atoms with Crippen molar-refractivity contribution in [2.75, 3.05) is 34.3 Å². The van der Waals surface area contributed by atoms with Gasteiger partial charge in [-0.3, -0.25) is 0 Å². The van der Waals surface area contributed by atoms with Crippen LogP contribution in [0.25, 0.3) is 0 Å². The lowest BCUT2D eigenvalue weighted by Crippen LogP contribution is -2.32. The molecule has 0 spiro atoms. The van der Waals surface area contributed by atoms with Crippen LogP contribution in [0.2, 0.25) is 0 Å². The number of likely N-dealkylation sites (N-methyl/N-ethyl adjacent to an activating group) is 2. The monoisotopic (exact) mass is 312 g/mol. The van der Waals surface area contributed by atoms with Crippen LogP contribution in [0.5, 0.6) is 5.75 Å². The number of methoxy groups -OCH3 is 1. The Morgan fingerprint density at radius 3 is 2.53 bits per heavy atom. The summed E-state index contributed by atoms with van der Waals surface area (Å²) in [6.07, 6.45) is 0. The summed E-state index contributed by atoms with van der Waals surface area (Å²) in [6, 6.07) is 3.59. The van der Waals surface area contributed by atoms with Crippen LogP contribution in [0.3, 0.4) is 0 Å². The van der Waals surface area contributed by atoms with E-state index >= 15 is 0 Å². The molecule has 8 heteroatoms. The van der Waals surface area contributed by atoms with Gasteiger partial charge in [-0.25, -0.2) is 12.8 Å². The highest BCUT2D eigenvalue weighted by Crippen LogP contribution is 2.22. The zero-order valence-corrected chi connectivity index (χ0v) is 12.6. The Kier molecular flexibility index (Phi) is 7.28. The van der Waals surface area contributed by atoms with Gasteiger partial charge in [-0.15, -0.1) is 12.4 Å². The maximum Gasteiger partial charge on any atom is 0.242 e. The summed E-state index contributed by atoms with van der Waals surface area (Å²) in [4.78, 5) is -0.0839. The molecule has 0 unspecified atom stereocenters. The van der Waals surface area contributed by atoms with Crippen LogP contribution in [0.1, 0.15) is 0 Å². The van der Waals surface area contributed by atoms with Gasteiger partial charge in [0, 0.05) is 20.1 Å². The van der Waals surface area contributed by atoms with E-state index in [0.717, 1.165) is 6.07 Å². The molecule has 1 aromatic carbocycles. The zero-order chi connectivity index (χ0) is 13.8. The highest BCUT2D eigenvalue weighted by Gasteiger charge is 2.21. The van der Waals surface area contributed by atoms with Gasteiger partial charge >= 0.3 is 0 Å². The Labute approximate surface area is 119 Å². The van der Waals surface area contributed by atoms with E-state index in [1.807, 2.05) is 0 Å². The van der Waals surface area contributed by atoms with Crippen LogP contribution in [0.15, 0.2) is 23.1 Å². The largest absolute Gasteiger partial charge is 0.494 e. The molecule has 0 atom stereocenters. The summed E-state index contributed by atoms with van der Waals surface area (Å²) in [5, 5.41) is 2.85. The summed E-state index contributed by atoms with van der Waals surface area (Å²) in [7, 11) is 0.847. The van der Waals surface area contributed by atoms with Gasteiger partial charge in [-0.2, -0.15) is 4.31 Å². The summed E-state index contributed by atoms with van der Waals surface area (Å²) >= 11 is 0. The summed E-state index contributed by atoms with van der Waals surface area (Å²) in [6.45, 7) is 0.834. The highest BCUT2D eigenvalue weighted by atomic mass is 35.5. The van der Waals surface area contributed by atoms with Crippen LogP contribution in [-0.2, 0) is 10.0 Å². The summed E-state index contributed by atoms with van der Waals surface area (Å²) < 4.78 is 43.6. The predicted molar refractivity (Wildman–Crippen MR) is 73.9 cm³/mol. The van der Waals surface area contributed by atoms with Crippen molar-refractivity contribution >= 4 is 22.4 Å². The highest BCUT2D eigenvalue weighted by molar-refractivity contribution is 7.89. The van der Waals surface area contributed by atoms with E-state index in [4.69, 9.17) is 4.74 Å². The maximum absolute atomic E-state index is 13.5. The van der Waals surface area contributed by atoms with E-state index in [1.54, 1.807) is 7.05 Å². The Bertz CT molecular complexity index is 511. The molecule has 110 valence electrons. The van der Waals surface area contributed by atoms with Crippen molar-refractivity contribution in [3.8, 4) is 5.75 Å². The van der Waals surface area contributed by atoms with Crippen molar-refractivity contribution in [1.29, 1.82) is 0 Å². The number of ether oxygens (including phenoxy) is 1. The van der Waals surface area contributed by atoms with Crippen LogP contribution >= 0.6 is 12.4 Å². The molecule has 0 saturated carbocycles. The zero-order valence-electron chi connectivity index (χ0n) is 11.0. The fourth-order valence-corrected chi connectivity index (χ4v) is 2.56. The standard InChI is InChI=1S/C11H17FN2O3S.ClH/c1-13-6-7-14(2)18(15,16)9-4-5-11(17-3)10(12)8-9;/h4-5,8,13H,6-7H2,1-3H3;1H. The van der Waals surface area contributed by atoms with Gasteiger partial charge in [0.2, 0.25) is 10.0 Å². The molecule has 1 aromatic rings. The molecule has 0 heterocycles. The van der Waals surface area contributed by atoms with E-state index in [1.165, 1.54) is 30.6 Å². The smallest absolute Gasteiger partial charge is 0.242 e. The molecule has 19 heavy (non-hydrogen) atoms. The molecule has 0 radical (unpaired) electrons. The SMILES string of the molecule is CNCCN(C)S(=O)(=O)c1ccc(OC)c(F)c1.Cl. The molecule has 0 aliphatic carbocycles. The molecular formula is C11H18ClFN2O3S. The molecule has 5 nitrogen and oxygen atoms in total. The molecule has 0 bridgehead atoms. The quantitative estimate of drug-likeness (QED) is 0.854. The molecule has 0 amide bonds. The Balaban J connectivity index is 0.00000324. The Hall–Kier alpha value is -0.890. The predicted octanol–water partition coefficient (Wildman–Crippen LogP) is 1.10. The Morgan fingerprint density at radius 2 is 2.05 bits per heavy atom. The molecule has 1 rings (SSSR count). The third-order valence-electron chi connectivity index (χ3n) is 2.51. The van der Waals surface area contributed by atoms with E-state index in [9.17, 15) is 12.8 Å². The van der Waals surface area contributed by atoms with E-state index < -0.39 is 15.8 Å². The topological polar surface area (TPSA) is 58.6 Å². The van der Waals surface area contributed by atoms with Crippen LogP contribution in [-0.4, -0.2) is 47.0 Å². The summed E-state index contributed by atoms with van der Waals surface area (Å²) in [5.41, 5.74) is 0. The minimum absolute atomic E-state index is 0. The van der Waals surface area contributed by atoms with Crippen molar-refractivity contribution in [1.82, 2.24) is 9.62 Å². The van der Waals surface area contributed by atoms with Crippen molar-refractivity contribution in [3.63, 3.8) is 0 Å². The fraction of sp³-hybridized carbons (Fsp3) is 0.455. The lowest BCUT2D eigenvalue weighted by atomic mass is 10.3. The van der Waals surface area contributed by atoms with Crippen molar-refractivity contribution < 1.29 is 17.5 Å². The third kappa shape index (κ3) is 4.31. The average Bonchev–Trinajstić information content (AvgIpc) is 2.35. The number of rotatable bonds is 6. The van der Waals surface area contributed by atoms with Gasteiger partial charge in [0.15, 0.2) is 11.6 Å². The number of hydrogen-bond acceptors (Lipinski definition) is 4. The minimum Gasteiger partial charge on any atom is -0.494 e. The maximum atomic E-state index is 13.5. The number of sulfonamides is 1. The number of nitrogens with zero attached hydrogens (tertiary/aromatic N) is 1. The minimum atomic E-state index is -3.66. The molecule has 0 aromatic heterocycles. The number of hydrogen-bond donors (Lipinski definition) is 1. The van der Waals surface area contributed by atoms with E-state index in [2.05, 4.69) is 5.32 Å². The third-order valence-corrected chi connectivity index (χ3v) is 4.36. The van der Waals surface area contributed by atoms with Crippen LogP contribution in [0.4, 0.5) is 4.39 Å². The first-order valence-electron chi connectivity index (χ1n) is 5.38. The van der Waals surface area contributed by atoms with Gasteiger partial charge in [0.05, 0.1) is 12.0 Å². The van der Waals surface area contributed by atoms with Gasteiger partial charge in [0.1, 0.15) is 0 Å². The van der Waals surface area contributed by atoms with Gasteiger partial charge in [-0.1, -0.05) is 0 Å². The lowest BCUT2D eigenvalue weighted by molar-refractivity contribution is 0.385.